The molecule has 2 aliphatic rings. The van der Waals surface area contributed by atoms with Gasteiger partial charge in [0.25, 0.3) is 0 Å². The summed E-state index contributed by atoms with van der Waals surface area (Å²) in [4.78, 5) is 11.0. The molecule has 3 unspecified atom stereocenters. The first kappa shape index (κ1) is 15.8. The summed E-state index contributed by atoms with van der Waals surface area (Å²) in [6.45, 7) is 16.4. The highest BCUT2D eigenvalue weighted by molar-refractivity contribution is 6.74. The van der Waals surface area contributed by atoms with E-state index < -0.39 is 8.32 Å². The minimum Gasteiger partial charge on any atom is -0.417 e. The molecule has 0 radical (unpaired) electrons. The molecule has 0 bridgehead atoms. The topological polar surface area (TPSA) is 38.3 Å². The third-order valence-corrected chi connectivity index (χ3v) is 9.88. The Morgan fingerprint density at radius 3 is 2.50 bits per heavy atom. The van der Waals surface area contributed by atoms with E-state index in [1.807, 2.05) is 0 Å². The van der Waals surface area contributed by atoms with Crippen molar-refractivity contribution in [2.75, 3.05) is 6.61 Å². The zero-order valence-corrected chi connectivity index (χ0v) is 14.6. The monoisotopic (exact) mass is 295 g/mol. The van der Waals surface area contributed by atoms with Crippen molar-refractivity contribution in [2.24, 2.45) is 11.8 Å². The van der Waals surface area contributed by atoms with Crippen LogP contribution in [-0.2, 0) is 9.22 Å². The second-order valence-electron chi connectivity index (χ2n) is 7.84. The van der Waals surface area contributed by atoms with E-state index in [4.69, 9.17) is 4.43 Å². The first-order valence-electron chi connectivity index (χ1n) is 7.75. The van der Waals surface area contributed by atoms with Crippen LogP contribution in [0.2, 0.25) is 18.1 Å². The standard InChI is InChI=1S/C16H29NO2Si/c1-11-12(15(11)13-10-14(18)17-13)8-7-9-19-20(5,6)16(2,3)4/h12-13,15H,1,7-10H2,2-6H3,(H,17,18). The van der Waals surface area contributed by atoms with Gasteiger partial charge in [-0.05, 0) is 36.9 Å². The highest BCUT2D eigenvalue weighted by Gasteiger charge is 2.50. The van der Waals surface area contributed by atoms with Gasteiger partial charge in [-0.1, -0.05) is 32.9 Å². The van der Waals surface area contributed by atoms with Gasteiger partial charge in [0.2, 0.25) is 5.91 Å². The molecular weight excluding hydrogens is 266 g/mol. The van der Waals surface area contributed by atoms with Gasteiger partial charge in [-0.15, -0.1) is 0 Å². The quantitative estimate of drug-likeness (QED) is 0.353. The summed E-state index contributed by atoms with van der Waals surface area (Å²) >= 11 is 0. The molecular formula is C16H29NO2Si. The molecule has 1 N–H and O–H groups in total. The maximum Gasteiger partial charge on any atom is 0.222 e. The smallest absolute Gasteiger partial charge is 0.222 e. The lowest BCUT2D eigenvalue weighted by molar-refractivity contribution is -0.128. The third-order valence-electron chi connectivity index (χ3n) is 5.34. The molecule has 4 heteroatoms. The largest absolute Gasteiger partial charge is 0.417 e. The molecule has 1 saturated heterocycles. The van der Waals surface area contributed by atoms with E-state index in [-0.39, 0.29) is 10.9 Å². The van der Waals surface area contributed by atoms with Crippen molar-refractivity contribution in [3.63, 3.8) is 0 Å². The number of amides is 1. The Kier molecular flexibility index (Phi) is 4.18. The van der Waals surface area contributed by atoms with Crippen LogP contribution in [0, 0.1) is 11.8 Å². The van der Waals surface area contributed by atoms with Gasteiger partial charge in [0, 0.05) is 25.0 Å². The number of carbonyl (C=O) groups excluding carboxylic acids is 1. The van der Waals surface area contributed by atoms with Gasteiger partial charge in [-0.3, -0.25) is 4.79 Å². The third kappa shape index (κ3) is 3.17. The zero-order valence-electron chi connectivity index (χ0n) is 13.6. The second kappa shape index (κ2) is 5.30. The van der Waals surface area contributed by atoms with Gasteiger partial charge < -0.3 is 9.74 Å². The van der Waals surface area contributed by atoms with Crippen LogP contribution in [0.5, 0.6) is 0 Å². The average molecular weight is 295 g/mol. The van der Waals surface area contributed by atoms with Crippen molar-refractivity contribution in [1.29, 1.82) is 0 Å². The molecule has 20 heavy (non-hydrogen) atoms. The molecule has 1 aliphatic heterocycles. The average Bonchev–Trinajstić information content (AvgIpc) is 2.89. The van der Waals surface area contributed by atoms with Crippen LogP contribution in [0.25, 0.3) is 0 Å². The molecule has 0 aromatic heterocycles. The SMILES string of the molecule is C=C1C(CCCO[Si](C)(C)C(C)(C)C)C1C1CC(=O)N1. The minimum atomic E-state index is -1.60. The molecule has 3 nitrogen and oxygen atoms in total. The fourth-order valence-electron chi connectivity index (χ4n) is 2.75. The summed E-state index contributed by atoms with van der Waals surface area (Å²) in [5.74, 6) is 1.35. The Balaban J connectivity index is 1.65. The van der Waals surface area contributed by atoms with E-state index >= 15 is 0 Å². The molecule has 0 spiro atoms. The molecule has 1 amide bonds. The van der Waals surface area contributed by atoms with Crippen molar-refractivity contribution in [1.82, 2.24) is 5.32 Å². The van der Waals surface area contributed by atoms with Crippen LogP contribution in [0.1, 0.15) is 40.0 Å². The van der Waals surface area contributed by atoms with Gasteiger partial charge in [0.05, 0.1) is 0 Å². The lowest BCUT2D eigenvalue weighted by Crippen LogP contribution is -2.50. The van der Waals surface area contributed by atoms with E-state index in [2.05, 4.69) is 45.8 Å². The number of carbonyl (C=O) groups is 1. The maximum atomic E-state index is 11.0. The first-order chi connectivity index (χ1) is 9.13. The number of β-lactam (4-membered cyclic amide) rings is 1. The highest BCUT2D eigenvalue weighted by atomic mass is 28.4. The Morgan fingerprint density at radius 1 is 1.40 bits per heavy atom. The predicted octanol–water partition coefficient (Wildman–Crippen LogP) is 3.48. The number of nitrogens with one attached hydrogen (secondary N) is 1. The molecule has 1 heterocycles. The van der Waals surface area contributed by atoms with Crippen LogP contribution >= 0.6 is 0 Å². The fourth-order valence-corrected chi connectivity index (χ4v) is 3.84. The van der Waals surface area contributed by atoms with Gasteiger partial charge in [0.15, 0.2) is 8.32 Å². The minimum absolute atomic E-state index is 0.190. The van der Waals surface area contributed by atoms with E-state index in [0.29, 0.717) is 24.3 Å². The summed E-state index contributed by atoms with van der Waals surface area (Å²) in [5.41, 5.74) is 1.34. The lowest BCUT2D eigenvalue weighted by atomic mass is 9.98. The van der Waals surface area contributed by atoms with Gasteiger partial charge in [-0.25, -0.2) is 0 Å². The van der Waals surface area contributed by atoms with Crippen molar-refractivity contribution in [3.05, 3.63) is 12.2 Å². The summed E-state index contributed by atoms with van der Waals surface area (Å²) in [6.07, 6.45) is 2.96. The van der Waals surface area contributed by atoms with Crippen LogP contribution in [0.4, 0.5) is 0 Å². The second-order valence-corrected chi connectivity index (χ2v) is 12.6. The van der Waals surface area contributed by atoms with E-state index in [1.165, 1.54) is 5.57 Å². The van der Waals surface area contributed by atoms with Gasteiger partial charge in [-0.2, -0.15) is 0 Å². The maximum absolute atomic E-state index is 11.0. The molecule has 1 saturated carbocycles. The molecule has 2 fully saturated rings. The van der Waals surface area contributed by atoms with Gasteiger partial charge in [0.1, 0.15) is 0 Å². The van der Waals surface area contributed by atoms with E-state index in [1.54, 1.807) is 0 Å². The molecule has 3 atom stereocenters. The van der Waals surface area contributed by atoms with Crippen LogP contribution in [0.15, 0.2) is 12.2 Å². The van der Waals surface area contributed by atoms with Crippen molar-refractivity contribution in [3.8, 4) is 0 Å². The first-order valence-corrected chi connectivity index (χ1v) is 10.7. The predicted molar refractivity (Wildman–Crippen MR) is 85.1 cm³/mol. The van der Waals surface area contributed by atoms with Crippen molar-refractivity contribution >= 4 is 14.2 Å². The number of rotatable bonds is 6. The number of hydrogen-bond donors (Lipinski definition) is 1. The molecule has 1 aliphatic carbocycles. The Bertz CT molecular complexity index is 403. The van der Waals surface area contributed by atoms with Crippen LogP contribution in [0.3, 0.4) is 0 Å². The summed E-state index contributed by atoms with van der Waals surface area (Å²) < 4.78 is 6.20. The number of hydrogen-bond acceptors (Lipinski definition) is 2. The summed E-state index contributed by atoms with van der Waals surface area (Å²) in [5, 5.41) is 3.26. The summed E-state index contributed by atoms with van der Waals surface area (Å²) in [6, 6.07) is 0.376. The van der Waals surface area contributed by atoms with Crippen LogP contribution < -0.4 is 5.32 Å². The molecule has 0 aromatic rings. The molecule has 0 aromatic carbocycles. The Morgan fingerprint density at radius 2 is 2.00 bits per heavy atom. The molecule has 114 valence electrons. The summed E-state index contributed by atoms with van der Waals surface area (Å²) in [7, 11) is -1.60. The van der Waals surface area contributed by atoms with E-state index in [9.17, 15) is 4.79 Å². The Labute approximate surface area is 124 Å². The lowest BCUT2D eigenvalue weighted by Gasteiger charge is -2.36. The van der Waals surface area contributed by atoms with Crippen LogP contribution in [-0.4, -0.2) is 26.9 Å². The van der Waals surface area contributed by atoms with Crippen molar-refractivity contribution in [2.45, 2.75) is 64.2 Å². The van der Waals surface area contributed by atoms with Gasteiger partial charge >= 0.3 is 0 Å². The van der Waals surface area contributed by atoms with Crippen molar-refractivity contribution < 1.29 is 9.22 Å². The highest BCUT2D eigenvalue weighted by Crippen LogP contribution is 2.51. The fraction of sp³-hybridized carbons (Fsp3) is 0.812. The zero-order chi connectivity index (χ0) is 15.1. The molecule has 2 rings (SSSR count). The van der Waals surface area contributed by atoms with E-state index in [0.717, 1.165) is 19.4 Å². The Hall–Kier alpha value is -0.613. The normalized spacial score (nSPS) is 29.9.